The summed E-state index contributed by atoms with van der Waals surface area (Å²) in [5.74, 6) is -1.41. The molecule has 1 amide bonds. The number of aromatic carboxylic acids is 1. The Bertz CT molecular complexity index is 793. The number of hydrogen-bond donors (Lipinski definition) is 3. The second-order valence-corrected chi connectivity index (χ2v) is 6.73. The lowest BCUT2D eigenvalue weighted by Crippen LogP contribution is -2.24. The van der Waals surface area contributed by atoms with E-state index in [1.54, 1.807) is 26.0 Å². The molecule has 0 aromatic carbocycles. The number of carboxylic acids is 1. The zero-order valence-electron chi connectivity index (χ0n) is 14.5. The van der Waals surface area contributed by atoms with Gasteiger partial charge in [-0.05, 0) is 25.0 Å². The van der Waals surface area contributed by atoms with E-state index in [1.165, 1.54) is 10.9 Å². The van der Waals surface area contributed by atoms with Gasteiger partial charge in [-0.2, -0.15) is 4.98 Å². The van der Waals surface area contributed by atoms with E-state index in [9.17, 15) is 14.7 Å². The van der Waals surface area contributed by atoms with Crippen LogP contribution in [0.4, 0.5) is 11.6 Å². The van der Waals surface area contributed by atoms with E-state index in [4.69, 9.17) is 0 Å². The summed E-state index contributed by atoms with van der Waals surface area (Å²) >= 11 is 0. The number of carboxylic acid groups (broad SMARTS) is 1. The largest absolute Gasteiger partial charge is 0.476 e. The molecule has 0 atom stereocenters. The lowest BCUT2D eigenvalue weighted by Gasteiger charge is -2.24. The molecule has 2 aromatic heterocycles. The Morgan fingerprint density at radius 1 is 1.24 bits per heavy atom. The van der Waals surface area contributed by atoms with Gasteiger partial charge in [-0.1, -0.05) is 33.1 Å². The second kappa shape index (κ2) is 7.08. The molecule has 3 N–H and O–H groups in total. The first-order chi connectivity index (χ1) is 12.0. The molecule has 1 aliphatic rings. The predicted molar refractivity (Wildman–Crippen MR) is 93.9 cm³/mol. The number of rotatable bonds is 5. The molecule has 1 fully saturated rings. The van der Waals surface area contributed by atoms with Crippen LogP contribution in [0.3, 0.4) is 0 Å². The quantitative estimate of drug-likeness (QED) is 0.769. The second-order valence-electron chi connectivity index (χ2n) is 6.73. The van der Waals surface area contributed by atoms with Crippen LogP contribution >= 0.6 is 0 Å². The van der Waals surface area contributed by atoms with Crippen molar-refractivity contribution in [3.05, 3.63) is 17.8 Å². The van der Waals surface area contributed by atoms with Crippen molar-refractivity contribution >= 4 is 29.2 Å². The summed E-state index contributed by atoms with van der Waals surface area (Å²) < 4.78 is 1.27. The van der Waals surface area contributed by atoms with Crippen LogP contribution in [0, 0.1) is 5.92 Å². The van der Waals surface area contributed by atoms with Crippen molar-refractivity contribution in [2.45, 2.75) is 52.0 Å². The van der Waals surface area contributed by atoms with E-state index >= 15 is 0 Å². The van der Waals surface area contributed by atoms with Crippen molar-refractivity contribution in [1.29, 1.82) is 0 Å². The Kier molecular flexibility index (Phi) is 4.87. The van der Waals surface area contributed by atoms with Gasteiger partial charge < -0.3 is 10.4 Å². The molecule has 2 heterocycles. The monoisotopic (exact) mass is 345 g/mol. The highest BCUT2D eigenvalue weighted by atomic mass is 16.4. The molecule has 0 spiro atoms. The van der Waals surface area contributed by atoms with Gasteiger partial charge >= 0.3 is 5.97 Å². The number of fused-ring (bicyclic) bond motifs is 1. The zero-order chi connectivity index (χ0) is 18.0. The normalized spacial score (nSPS) is 15.5. The minimum atomic E-state index is -1.09. The lowest BCUT2D eigenvalue weighted by molar-refractivity contribution is -0.118. The van der Waals surface area contributed by atoms with Crippen molar-refractivity contribution < 1.29 is 14.7 Å². The number of amides is 1. The molecule has 0 radical (unpaired) electrons. The number of aromatic nitrogens is 3. The molecule has 3 rings (SSSR count). The van der Waals surface area contributed by atoms with E-state index in [-0.39, 0.29) is 29.5 Å². The van der Waals surface area contributed by atoms with Crippen LogP contribution in [0.15, 0.2) is 12.1 Å². The molecule has 1 saturated carbocycles. The molecule has 134 valence electrons. The highest BCUT2D eigenvalue weighted by molar-refractivity contribution is 5.94. The average Bonchev–Trinajstić information content (AvgIpc) is 2.97. The van der Waals surface area contributed by atoms with Gasteiger partial charge in [-0.15, -0.1) is 5.10 Å². The molecular weight excluding hydrogens is 322 g/mol. The Morgan fingerprint density at radius 2 is 1.96 bits per heavy atom. The van der Waals surface area contributed by atoms with Gasteiger partial charge in [-0.25, -0.2) is 9.31 Å². The number of anilines is 2. The summed E-state index contributed by atoms with van der Waals surface area (Å²) in [4.78, 5) is 27.8. The fourth-order valence-corrected chi connectivity index (χ4v) is 3.04. The molecule has 1 aliphatic carbocycles. The van der Waals surface area contributed by atoms with Crippen molar-refractivity contribution in [2.75, 3.05) is 10.6 Å². The smallest absolute Gasteiger partial charge is 0.356 e. The Hall–Kier alpha value is -2.64. The fourth-order valence-electron chi connectivity index (χ4n) is 3.04. The van der Waals surface area contributed by atoms with E-state index in [0.29, 0.717) is 11.3 Å². The van der Waals surface area contributed by atoms with Gasteiger partial charge in [-0.3, -0.25) is 10.1 Å². The Balaban J connectivity index is 1.94. The molecule has 0 unspecified atom stereocenters. The Morgan fingerprint density at radius 3 is 2.60 bits per heavy atom. The van der Waals surface area contributed by atoms with Gasteiger partial charge in [0, 0.05) is 12.0 Å². The van der Waals surface area contributed by atoms with Crippen LogP contribution in [0.5, 0.6) is 0 Å². The summed E-state index contributed by atoms with van der Waals surface area (Å²) in [6.07, 6.45) is 5.59. The van der Waals surface area contributed by atoms with Crippen LogP contribution in [-0.4, -0.2) is 37.6 Å². The summed E-state index contributed by atoms with van der Waals surface area (Å²) in [6, 6.07) is 3.69. The number of nitrogens with one attached hydrogen (secondary N) is 2. The minimum Gasteiger partial charge on any atom is -0.476 e. The first-order valence-corrected chi connectivity index (χ1v) is 8.66. The maximum absolute atomic E-state index is 11.8. The average molecular weight is 345 g/mol. The van der Waals surface area contributed by atoms with Crippen LogP contribution in [-0.2, 0) is 4.79 Å². The molecule has 2 aromatic rings. The van der Waals surface area contributed by atoms with E-state index < -0.39 is 5.97 Å². The van der Waals surface area contributed by atoms with Gasteiger partial charge in [0.2, 0.25) is 11.9 Å². The zero-order valence-corrected chi connectivity index (χ0v) is 14.5. The fraction of sp³-hybridized carbons (Fsp3) is 0.529. The maximum Gasteiger partial charge on any atom is 0.356 e. The molecular formula is C17H23N5O3. The standard InChI is InChI=1S/C17H23N5O3/c1-10(2)15(23)20-17-19-13-9-8-12(14(16(24)25)22(13)21-17)18-11-6-4-3-5-7-11/h8-11,18H,3-7H2,1-2H3,(H,24,25)(H,20,21,23). The van der Waals surface area contributed by atoms with E-state index in [1.807, 2.05) is 0 Å². The van der Waals surface area contributed by atoms with Crippen LogP contribution < -0.4 is 10.6 Å². The van der Waals surface area contributed by atoms with Crippen molar-refractivity contribution in [1.82, 2.24) is 14.6 Å². The summed E-state index contributed by atoms with van der Waals surface area (Å²) in [5, 5.41) is 19.8. The van der Waals surface area contributed by atoms with Crippen molar-refractivity contribution in [3.63, 3.8) is 0 Å². The highest BCUT2D eigenvalue weighted by Crippen LogP contribution is 2.25. The first-order valence-electron chi connectivity index (χ1n) is 8.66. The van der Waals surface area contributed by atoms with Crippen molar-refractivity contribution in [3.8, 4) is 0 Å². The third kappa shape index (κ3) is 3.72. The molecule has 8 heteroatoms. The number of carbonyl (C=O) groups excluding carboxylic acids is 1. The summed E-state index contributed by atoms with van der Waals surface area (Å²) in [7, 11) is 0. The van der Waals surface area contributed by atoms with E-state index in [0.717, 1.165) is 25.7 Å². The lowest BCUT2D eigenvalue weighted by atomic mass is 9.95. The number of carbonyl (C=O) groups is 2. The molecule has 0 bridgehead atoms. The van der Waals surface area contributed by atoms with Crippen LogP contribution in [0.25, 0.3) is 5.65 Å². The number of hydrogen-bond acceptors (Lipinski definition) is 5. The molecule has 0 saturated heterocycles. The SMILES string of the molecule is CC(C)C(=O)Nc1nc2ccc(NC3CCCCC3)c(C(=O)O)n2n1. The first kappa shape index (κ1) is 17.2. The highest BCUT2D eigenvalue weighted by Gasteiger charge is 2.21. The molecule has 8 nitrogen and oxygen atoms in total. The maximum atomic E-state index is 11.8. The summed E-state index contributed by atoms with van der Waals surface area (Å²) in [5.41, 5.74) is 0.935. The third-order valence-corrected chi connectivity index (χ3v) is 4.42. The predicted octanol–water partition coefficient (Wildman–Crippen LogP) is 2.77. The third-order valence-electron chi connectivity index (χ3n) is 4.42. The Labute approximate surface area is 145 Å². The van der Waals surface area contributed by atoms with Crippen LogP contribution in [0.1, 0.15) is 56.4 Å². The number of pyridine rings is 1. The van der Waals surface area contributed by atoms with E-state index in [2.05, 4.69) is 20.7 Å². The molecule has 25 heavy (non-hydrogen) atoms. The minimum absolute atomic E-state index is 0.0284. The number of nitrogens with zero attached hydrogens (tertiary/aromatic N) is 3. The van der Waals surface area contributed by atoms with Gasteiger partial charge in [0.05, 0.1) is 5.69 Å². The van der Waals surface area contributed by atoms with Crippen molar-refractivity contribution in [2.24, 2.45) is 5.92 Å². The van der Waals surface area contributed by atoms with Gasteiger partial charge in [0.1, 0.15) is 0 Å². The van der Waals surface area contributed by atoms with Gasteiger partial charge in [0.15, 0.2) is 11.3 Å². The van der Waals surface area contributed by atoms with Crippen LogP contribution in [0.2, 0.25) is 0 Å². The topological polar surface area (TPSA) is 109 Å². The summed E-state index contributed by atoms with van der Waals surface area (Å²) in [6.45, 7) is 3.53. The molecule has 0 aliphatic heterocycles. The van der Waals surface area contributed by atoms with Gasteiger partial charge in [0.25, 0.3) is 0 Å².